The molecule has 0 radical (unpaired) electrons. The number of thiazole rings is 1. The number of aliphatic carboxylic acids is 2. The lowest BCUT2D eigenvalue weighted by Crippen LogP contribution is -2.71. The van der Waals surface area contributed by atoms with Crippen LogP contribution in [0.15, 0.2) is 34.6 Å². The van der Waals surface area contributed by atoms with Crippen molar-refractivity contribution in [2.45, 2.75) is 57.1 Å². The number of phenolic OH excluding ortho intramolecular Hbond substituents is 2. The first-order valence-electron chi connectivity index (χ1n) is 15.9. The van der Waals surface area contributed by atoms with Gasteiger partial charge in [-0.2, -0.15) is 0 Å². The average Bonchev–Trinajstić information content (AvgIpc) is 3.42. The lowest BCUT2D eigenvalue weighted by Gasteiger charge is -2.49. The number of benzene rings is 1. The number of hydrogen-bond donors (Lipinski definition) is 7. The van der Waals surface area contributed by atoms with E-state index in [2.05, 4.69) is 27.7 Å². The van der Waals surface area contributed by atoms with E-state index in [0.29, 0.717) is 18.7 Å². The molecule has 2 aromatic rings. The lowest BCUT2D eigenvalue weighted by atomic mass is 10.0. The van der Waals surface area contributed by atoms with Crippen molar-refractivity contribution in [3.05, 3.63) is 45.1 Å². The third-order valence-corrected chi connectivity index (χ3v) is 10.3. The Hall–Kier alpha value is -4.59. The van der Waals surface area contributed by atoms with E-state index >= 15 is 0 Å². The van der Waals surface area contributed by atoms with Gasteiger partial charge in [-0.25, -0.2) is 14.6 Å². The minimum absolute atomic E-state index is 0.00121. The number of β-lactam (4-membered cyclic amide) rings is 1. The van der Waals surface area contributed by atoms with Gasteiger partial charge in [-0.05, 0) is 43.7 Å². The van der Waals surface area contributed by atoms with E-state index in [1.165, 1.54) is 30.8 Å². The summed E-state index contributed by atoms with van der Waals surface area (Å²) >= 11 is 8.28. The molecule has 0 bridgehead atoms. The van der Waals surface area contributed by atoms with Gasteiger partial charge in [0.25, 0.3) is 17.7 Å². The summed E-state index contributed by atoms with van der Waals surface area (Å²) in [5.74, 6) is -5.33. The zero-order chi connectivity index (χ0) is 37.4. The standard InChI is InChI=1S/C31H38ClN7O10S2/c1-3-4-5-6-10-38(11-9-34-25(42)16-7-8-18(40)19(41)12-16)13-17-14-50-28-22(27(44)39(28)23(17)30(47)48)35-26(43)21(37-49-15(2)29(45)46)20-24(32)51-31(33)36-20/h7-8,12,15,22,28,40-41H,3-6,9-11,13-14H2,1-2H3,(H2,33,36)(H,34,42)(H,35,43)(H,45,46)(H,47,48)/b37-21-/t15-,22?,28?/m0/s1. The Morgan fingerprint density at radius 2 is 1.92 bits per heavy atom. The number of nitrogen functional groups attached to an aromatic ring is 1. The molecule has 276 valence electrons. The predicted molar refractivity (Wildman–Crippen MR) is 189 cm³/mol. The number of phenols is 2. The van der Waals surface area contributed by atoms with Crippen LogP contribution >= 0.6 is 34.7 Å². The number of carboxylic acid groups (broad SMARTS) is 2. The van der Waals surface area contributed by atoms with Crippen molar-refractivity contribution in [1.29, 1.82) is 0 Å². The van der Waals surface area contributed by atoms with Crippen molar-refractivity contribution in [1.82, 2.24) is 25.4 Å². The molecule has 0 saturated carbocycles. The largest absolute Gasteiger partial charge is 0.504 e. The molecular formula is C31H38ClN7O10S2. The summed E-state index contributed by atoms with van der Waals surface area (Å²) in [5.41, 5.74) is 5.46. The smallest absolute Gasteiger partial charge is 0.352 e. The van der Waals surface area contributed by atoms with Crippen LogP contribution in [0.3, 0.4) is 0 Å². The minimum Gasteiger partial charge on any atom is -0.504 e. The van der Waals surface area contributed by atoms with E-state index in [1.54, 1.807) is 0 Å². The van der Waals surface area contributed by atoms with Crippen LogP contribution < -0.4 is 16.4 Å². The fourth-order valence-corrected chi connectivity index (χ4v) is 7.51. The SMILES string of the molecule is CCCCCCN(CCNC(=O)c1ccc(O)c(O)c1)CC1=C(C(=O)O)N2C(=O)C(NC(=O)/C(=N\O[C@@H](C)C(=O)O)c3nc(N)sc3Cl)C2SC1. The summed E-state index contributed by atoms with van der Waals surface area (Å²) in [6.45, 7) is 4.62. The highest BCUT2D eigenvalue weighted by Crippen LogP contribution is 2.40. The van der Waals surface area contributed by atoms with Gasteiger partial charge >= 0.3 is 11.9 Å². The minimum atomic E-state index is -1.44. The van der Waals surface area contributed by atoms with Crippen molar-refractivity contribution < 1.29 is 49.2 Å². The Kier molecular flexibility index (Phi) is 13.5. The number of halogens is 1. The van der Waals surface area contributed by atoms with E-state index in [-0.39, 0.29) is 51.0 Å². The fourth-order valence-electron chi connectivity index (χ4n) is 5.24. The third kappa shape index (κ3) is 9.60. The Bertz CT molecular complexity index is 1740. The van der Waals surface area contributed by atoms with Gasteiger partial charge < -0.3 is 41.6 Å². The molecule has 3 heterocycles. The van der Waals surface area contributed by atoms with Gasteiger partial charge in [-0.15, -0.1) is 11.8 Å². The maximum Gasteiger partial charge on any atom is 0.352 e. The van der Waals surface area contributed by atoms with Crippen molar-refractivity contribution in [2.75, 3.05) is 37.7 Å². The van der Waals surface area contributed by atoms with Crippen LogP contribution in [0, 0.1) is 0 Å². The first-order chi connectivity index (χ1) is 24.2. The fraction of sp³-hybridized carbons (Fsp3) is 0.452. The van der Waals surface area contributed by atoms with Crippen LogP contribution in [0.4, 0.5) is 5.13 Å². The first kappa shape index (κ1) is 39.2. The van der Waals surface area contributed by atoms with Crippen molar-refractivity contribution in [2.24, 2.45) is 5.16 Å². The zero-order valence-electron chi connectivity index (χ0n) is 27.6. The number of nitrogens with two attached hydrogens (primary N) is 1. The Morgan fingerprint density at radius 3 is 2.55 bits per heavy atom. The summed E-state index contributed by atoms with van der Waals surface area (Å²) in [6, 6.07) is 2.58. The van der Waals surface area contributed by atoms with E-state index in [0.717, 1.165) is 48.0 Å². The van der Waals surface area contributed by atoms with Gasteiger partial charge in [-0.3, -0.25) is 24.2 Å². The second-order valence-corrected chi connectivity index (χ2v) is 14.4. The Labute approximate surface area is 305 Å². The molecule has 1 saturated heterocycles. The number of nitrogens with one attached hydrogen (secondary N) is 2. The average molecular weight is 768 g/mol. The number of carbonyl (C=O) groups is 5. The van der Waals surface area contributed by atoms with Gasteiger partial charge in [0.2, 0.25) is 6.10 Å². The molecule has 1 aromatic heterocycles. The number of unbranched alkanes of at least 4 members (excludes halogenated alkanes) is 3. The molecule has 2 aliphatic rings. The van der Waals surface area contributed by atoms with Crippen LogP contribution in [0.2, 0.25) is 4.34 Å². The monoisotopic (exact) mass is 767 g/mol. The molecule has 4 rings (SSSR count). The van der Waals surface area contributed by atoms with Crippen LogP contribution in [0.5, 0.6) is 11.5 Å². The van der Waals surface area contributed by atoms with Gasteiger partial charge in [-0.1, -0.05) is 54.3 Å². The molecule has 20 heteroatoms. The third-order valence-electron chi connectivity index (χ3n) is 7.92. The van der Waals surface area contributed by atoms with E-state index in [4.69, 9.17) is 27.3 Å². The maximum atomic E-state index is 13.4. The number of rotatable bonds is 18. The number of carbonyl (C=O) groups excluding carboxylic acids is 3. The number of aromatic nitrogens is 1. The number of oxime groups is 1. The number of fused-ring (bicyclic) bond motifs is 1. The summed E-state index contributed by atoms with van der Waals surface area (Å²) in [6.07, 6.45) is 2.37. The summed E-state index contributed by atoms with van der Waals surface area (Å²) in [7, 11) is 0. The molecule has 8 N–H and O–H groups in total. The van der Waals surface area contributed by atoms with Gasteiger partial charge in [0.05, 0.1) is 0 Å². The molecule has 0 aliphatic carbocycles. The predicted octanol–water partition coefficient (Wildman–Crippen LogP) is 2.03. The zero-order valence-corrected chi connectivity index (χ0v) is 30.0. The van der Waals surface area contributed by atoms with Crippen molar-refractivity contribution >= 4 is 75.2 Å². The highest BCUT2D eigenvalue weighted by atomic mass is 35.5. The maximum absolute atomic E-state index is 13.4. The van der Waals surface area contributed by atoms with Crippen molar-refractivity contribution in [3.8, 4) is 11.5 Å². The van der Waals surface area contributed by atoms with E-state index in [9.17, 15) is 39.3 Å². The van der Waals surface area contributed by atoms with E-state index < -0.39 is 58.6 Å². The van der Waals surface area contributed by atoms with Gasteiger partial charge in [0.1, 0.15) is 27.1 Å². The summed E-state index contributed by atoms with van der Waals surface area (Å²) in [4.78, 5) is 75.3. The molecule has 17 nitrogen and oxygen atoms in total. The first-order valence-corrected chi connectivity index (χ1v) is 18.1. The Balaban J connectivity index is 1.48. The number of nitrogens with zero attached hydrogens (tertiary/aromatic N) is 4. The molecule has 3 atom stereocenters. The van der Waals surface area contributed by atoms with Crippen LogP contribution in [-0.2, 0) is 24.0 Å². The number of anilines is 1. The number of carboxylic acids is 2. The highest BCUT2D eigenvalue weighted by molar-refractivity contribution is 8.00. The second kappa shape index (κ2) is 17.6. The van der Waals surface area contributed by atoms with Crippen molar-refractivity contribution in [3.63, 3.8) is 0 Å². The summed E-state index contributed by atoms with van der Waals surface area (Å²) in [5, 5.41) is 46.9. The molecule has 0 spiro atoms. The lowest BCUT2D eigenvalue weighted by molar-refractivity contribution is -0.150. The van der Waals surface area contributed by atoms with Crippen LogP contribution in [0.25, 0.3) is 0 Å². The Morgan fingerprint density at radius 1 is 1.18 bits per heavy atom. The topological polar surface area (TPSA) is 257 Å². The molecule has 3 amide bonds. The molecule has 2 unspecified atom stereocenters. The number of aromatic hydroxyl groups is 2. The quantitative estimate of drug-likeness (QED) is 0.0377. The highest BCUT2D eigenvalue weighted by Gasteiger charge is 2.54. The van der Waals surface area contributed by atoms with Crippen LogP contribution in [-0.4, -0.2) is 120 Å². The normalized spacial score (nSPS) is 17.8. The molecule has 1 aromatic carbocycles. The number of amides is 3. The number of thioether (sulfide) groups is 1. The van der Waals surface area contributed by atoms with E-state index in [1.807, 2.05) is 4.90 Å². The van der Waals surface area contributed by atoms with Crippen LogP contribution in [0.1, 0.15) is 55.6 Å². The molecule has 2 aliphatic heterocycles. The molecule has 1 fully saturated rings. The summed E-state index contributed by atoms with van der Waals surface area (Å²) < 4.78 is -0.0271. The molecule has 51 heavy (non-hydrogen) atoms. The second-order valence-electron chi connectivity index (χ2n) is 11.6. The molecular weight excluding hydrogens is 730 g/mol. The number of hydrogen-bond acceptors (Lipinski definition) is 14. The van der Waals surface area contributed by atoms with Gasteiger partial charge in [0.15, 0.2) is 22.3 Å². The van der Waals surface area contributed by atoms with Gasteiger partial charge in [0, 0.05) is 31.0 Å².